The van der Waals surface area contributed by atoms with E-state index in [2.05, 4.69) is 6.92 Å². The van der Waals surface area contributed by atoms with Gasteiger partial charge in [0.25, 0.3) is 0 Å². The SMILES string of the molecule is CC1CCC(C2CCC(Cc3ccc(-c4cc(F)c(F)c(F)c4)c(F)c3)CC2)OC1. The van der Waals surface area contributed by atoms with Crippen molar-refractivity contribution in [3.63, 3.8) is 0 Å². The third kappa shape index (κ3) is 4.72. The maximum atomic E-state index is 14.6. The van der Waals surface area contributed by atoms with Gasteiger partial charge in [0.05, 0.1) is 6.10 Å². The Hall–Kier alpha value is -1.88. The van der Waals surface area contributed by atoms with Crippen molar-refractivity contribution < 1.29 is 22.3 Å². The van der Waals surface area contributed by atoms with Gasteiger partial charge in [-0.1, -0.05) is 19.1 Å². The molecule has 2 aliphatic rings. The average molecular weight is 420 g/mol. The minimum Gasteiger partial charge on any atom is -0.378 e. The molecular weight excluding hydrogens is 392 g/mol. The van der Waals surface area contributed by atoms with Crippen LogP contribution in [0, 0.1) is 41.0 Å². The van der Waals surface area contributed by atoms with Crippen LogP contribution in [0.4, 0.5) is 17.6 Å². The van der Waals surface area contributed by atoms with E-state index in [1.165, 1.54) is 18.6 Å². The van der Waals surface area contributed by atoms with Crippen molar-refractivity contribution in [2.24, 2.45) is 17.8 Å². The molecule has 0 amide bonds. The van der Waals surface area contributed by atoms with Gasteiger partial charge in [0, 0.05) is 12.2 Å². The van der Waals surface area contributed by atoms with Crippen LogP contribution >= 0.6 is 0 Å². The zero-order chi connectivity index (χ0) is 21.3. The van der Waals surface area contributed by atoms with Crippen LogP contribution in [-0.2, 0) is 11.2 Å². The summed E-state index contributed by atoms with van der Waals surface area (Å²) in [4.78, 5) is 0. The molecule has 5 heteroatoms. The highest BCUT2D eigenvalue weighted by Gasteiger charge is 2.30. The molecule has 1 aliphatic carbocycles. The van der Waals surface area contributed by atoms with Crippen molar-refractivity contribution in [1.29, 1.82) is 0 Å². The second kappa shape index (κ2) is 9.09. The molecule has 1 saturated heterocycles. The van der Waals surface area contributed by atoms with Crippen molar-refractivity contribution in [2.45, 2.75) is 58.0 Å². The normalized spacial score (nSPS) is 27.2. The van der Waals surface area contributed by atoms with E-state index in [0.29, 0.717) is 23.9 Å². The Bertz CT molecular complexity index is 858. The van der Waals surface area contributed by atoms with E-state index in [1.807, 2.05) is 0 Å². The Morgan fingerprint density at radius 3 is 2.13 bits per heavy atom. The van der Waals surface area contributed by atoms with Crippen molar-refractivity contribution in [3.8, 4) is 11.1 Å². The zero-order valence-corrected chi connectivity index (χ0v) is 17.3. The van der Waals surface area contributed by atoms with E-state index in [1.54, 1.807) is 6.07 Å². The first kappa shape index (κ1) is 21.4. The first-order chi connectivity index (χ1) is 14.4. The van der Waals surface area contributed by atoms with E-state index in [4.69, 9.17) is 4.74 Å². The van der Waals surface area contributed by atoms with Crippen molar-refractivity contribution in [2.75, 3.05) is 6.61 Å². The largest absolute Gasteiger partial charge is 0.378 e. The van der Waals surface area contributed by atoms with E-state index >= 15 is 0 Å². The average Bonchev–Trinajstić information content (AvgIpc) is 2.73. The molecule has 0 bridgehead atoms. The maximum absolute atomic E-state index is 14.6. The third-order valence-electron chi connectivity index (χ3n) is 6.81. The summed E-state index contributed by atoms with van der Waals surface area (Å²) in [5.74, 6) is -2.91. The summed E-state index contributed by atoms with van der Waals surface area (Å²) >= 11 is 0. The van der Waals surface area contributed by atoms with Gasteiger partial charge in [0.1, 0.15) is 5.82 Å². The van der Waals surface area contributed by atoms with Gasteiger partial charge in [-0.3, -0.25) is 0 Å². The second-order valence-electron chi connectivity index (χ2n) is 9.11. The molecule has 1 aliphatic heterocycles. The molecule has 1 heterocycles. The monoisotopic (exact) mass is 420 g/mol. The molecule has 4 rings (SSSR count). The smallest absolute Gasteiger partial charge is 0.194 e. The Kier molecular flexibility index (Phi) is 6.47. The highest BCUT2D eigenvalue weighted by Crippen LogP contribution is 2.37. The van der Waals surface area contributed by atoms with Crippen LogP contribution in [0.5, 0.6) is 0 Å². The molecule has 162 valence electrons. The highest BCUT2D eigenvalue weighted by molar-refractivity contribution is 5.64. The number of hydrogen-bond acceptors (Lipinski definition) is 1. The summed E-state index contributed by atoms with van der Waals surface area (Å²) in [5, 5.41) is 0. The van der Waals surface area contributed by atoms with Crippen LogP contribution in [0.25, 0.3) is 11.1 Å². The fourth-order valence-corrected chi connectivity index (χ4v) is 5.00. The van der Waals surface area contributed by atoms with Crippen LogP contribution in [0.3, 0.4) is 0 Å². The van der Waals surface area contributed by atoms with Gasteiger partial charge in [-0.05, 0) is 92.0 Å². The molecule has 0 aromatic heterocycles. The molecular formula is C25H28F4O. The van der Waals surface area contributed by atoms with Gasteiger partial charge >= 0.3 is 0 Å². The molecule has 2 aromatic carbocycles. The first-order valence-corrected chi connectivity index (χ1v) is 11.0. The number of rotatable bonds is 4. The van der Waals surface area contributed by atoms with Gasteiger partial charge in [0.2, 0.25) is 0 Å². The second-order valence-corrected chi connectivity index (χ2v) is 9.11. The number of ether oxygens (including phenoxy) is 1. The van der Waals surface area contributed by atoms with Gasteiger partial charge in [-0.25, -0.2) is 17.6 Å². The highest BCUT2D eigenvalue weighted by atomic mass is 19.2. The van der Waals surface area contributed by atoms with Crippen LogP contribution in [0.15, 0.2) is 30.3 Å². The van der Waals surface area contributed by atoms with Crippen molar-refractivity contribution >= 4 is 0 Å². The predicted molar refractivity (Wildman–Crippen MR) is 109 cm³/mol. The maximum Gasteiger partial charge on any atom is 0.194 e. The molecule has 2 unspecified atom stereocenters. The Labute approximate surface area is 175 Å². The van der Waals surface area contributed by atoms with E-state index in [-0.39, 0.29) is 11.1 Å². The fourth-order valence-electron chi connectivity index (χ4n) is 5.00. The topological polar surface area (TPSA) is 9.23 Å². The molecule has 2 aromatic rings. The number of hydrogen-bond donors (Lipinski definition) is 0. The van der Waals surface area contributed by atoms with Gasteiger partial charge < -0.3 is 4.74 Å². The summed E-state index contributed by atoms with van der Waals surface area (Å²) in [7, 11) is 0. The van der Waals surface area contributed by atoms with Gasteiger partial charge in [-0.2, -0.15) is 0 Å². The third-order valence-corrected chi connectivity index (χ3v) is 6.81. The molecule has 1 saturated carbocycles. The summed E-state index contributed by atoms with van der Waals surface area (Å²) in [5.41, 5.74) is 0.951. The standard InChI is InChI=1S/C25H28F4O/c1-15-2-9-24(30-14-15)18-6-3-16(4-7-18)10-17-5-8-20(21(26)11-17)19-12-22(27)25(29)23(28)13-19/h5,8,11-13,15-16,18,24H,2-4,6-7,9-10,14H2,1H3. The molecule has 1 nitrogen and oxygen atoms in total. The van der Waals surface area contributed by atoms with Crippen molar-refractivity contribution in [1.82, 2.24) is 0 Å². The number of benzene rings is 2. The first-order valence-electron chi connectivity index (χ1n) is 11.0. The van der Waals surface area contributed by atoms with Gasteiger partial charge in [0.15, 0.2) is 17.5 Å². The van der Waals surface area contributed by atoms with E-state index in [9.17, 15) is 17.6 Å². The van der Waals surface area contributed by atoms with E-state index in [0.717, 1.165) is 62.8 Å². The zero-order valence-electron chi connectivity index (χ0n) is 17.3. The van der Waals surface area contributed by atoms with Crippen LogP contribution in [0.1, 0.15) is 51.0 Å². The number of halogens is 4. The lowest BCUT2D eigenvalue weighted by atomic mass is 9.75. The predicted octanol–water partition coefficient (Wildman–Crippen LogP) is 7.07. The lowest BCUT2D eigenvalue weighted by Gasteiger charge is -2.37. The molecule has 2 fully saturated rings. The Balaban J connectivity index is 1.37. The summed E-state index contributed by atoms with van der Waals surface area (Å²) < 4.78 is 60.8. The molecule has 2 atom stereocenters. The molecule has 0 N–H and O–H groups in total. The van der Waals surface area contributed by atoms with Crippen LogP contribution < -0.4 is 0 Å². The lowest BCUT2D eigenvalue weighted by molar-refractivity contribution is -0.0543. The summed E-state index contributed by atoms with van der Waals surface area (Å²) in [6.45, 7) is 3.11. The fraction of sp³-hybridized carbons (Fsp3) is 0.520. The Morgan fingerprint density at radius 2 is 1.53 bits per heavy atom. The summed E-state index contributed by atoms with van der Waals surface area (Å²) in [6.07, 6.45) is 8.12. The molecule has 30 heavy (non-hydrogen) atoms. The van der Waals surface area contributed by atoms with Gasteiger partial charge in [-0.15, -0.1) is 0 Å². The minimum absolute atomic E-state index is 0.00208. The van der Waals surface area contributed by atoms with Crippen LogP contribution in [-0.4, -0.2) is 12.7 Å². The minimum atomic E-state index is -1.54. The lowest BCUT2D eigenvalue weighted by Crippen LogP contribution is -2.33. The Morgan fingerprint density at radius 1 is 0.833 bits per heavy atom. The molecule has 0 spiro atoms. The van der Waals surface area contributed by atoms with Crippen LogP contribution in [0.2, 0.25) is 0 Å². The van der Waals surface area contributed by atoms with Crippen molar-refractivity contribution in [3.05, 3.63) is 59.2 Å². The quantitative estimate of drug-likeness (QED) is 0.380. The molecule has 0 radical (unpaired) electrons. The van der Waals surface area contributed by atoms with E-state index < -0.39 is 23.3 Å². The summed E-state index contributed by atoms with van der Waals surface area (Å²) in [6, 6.07) is 6.42.